The highest BCUT2D eigenvalue weighted by atomic mass is 16.2. The average Bonchev–Trinajstić information content (AvgIpc) is 2.83. The predicted molar refractivity (Wildman–Crippen MR) is 81.8 cm³/mol. The fourth-order valence-electron chi connectivity index (χ4n) is 2.60. The molecule has 1 amide bonds. The van der Waals surface area contributed by atoms with E-state index >= 15 is 0 Å². The molecule has 1 atom stereocenters. The third kappa shape index (κ3) is 2.21. The minimum absolute atomic E-state index is 0.0111. The Morgan fingerprint density at radius 1 is 1.10 bits per heavy atom. The highest BCUT2D eigenvalue weighted by molar-refractivity contribution is 5.95. The molecule has 2 aromatic rings. The molecule has 1 unspecified atom stereocenters. The molecular weight excluding hydrogens is 248 g/mol. The summed E-state index contributed by atoms with van der Waals surface area (Å²) >= 11 is 0. The molecule has 3 heteroatoms. The first-order valence-electron chi connectivity index (χ1n) is 6.88. The Bertz CT molecular complexity index is 664. The van der Waals surface area contributed by atoms with Gasteiger partial charge in [-0.2, -0.15) is 0 Å². The monoisotopic (exact) mass is 266 g/mol. The molecule has 2 aromatic carbocycles. The van der Waals surface area contributed by atoms with Crippen LogP contribution in [0.25, 0.3) is 11.1 Å². The largest absolute Gasteiger partial charge is 0.325 e. The standard InChI is InChI=1S/C17H18N2O/c1-11(18-2)17(20)19-14-7-8-16-13(10-14)9-12-5-3-4-6-15(12)16/h3-8,10-11,18H,9H2,1-2H3,(H,19,20). The number of hydrogen-bond donors (Lipinski definition) is 2. The van der Waals surface area contributed by atoms with Gasteiger partial charge in [0.1, 0.15) is 0 Å². The minimum atomic E-state index is -0.194. The van der Waals surface area contributed by atoms with Gasteiger partial charge < -0.3 is 10.6 Å². The Balaban J connectivity index is 1.86. The number of anilines is 1. The number of fused-ring (bicyclic) bond motifs is 3. The summed E-state index contributed by atoms with van der Waals surface area (Å²) < 4.78 is 0. The molecule has 0 spiro atoms. The van der Waals surface area contributed by atoms with E-state index in [4.69, 9.17) is 0 Å². The van der Waals surface area contributed by atoms with Crippen LogP contribution in [-0.2, 0) is 11.2 Å². The normalized spacial score (nSPS) is 13.5. The first kappa shape index (κ1) is 12.9. The van der Waals surface area contributed by atoms with Gasteiger partial charge >= 0.3 is 0 Å². The Kier molecular flexibility index (Phi) is 3.28. The van der Waals surface area contributed by atoms with Gasteiger partial charge in [-0.25, -0.2) is 0 Å². The second-order valence-corrected chi connectivity index (χ2v) is 5.21. The summed E-state index contributed by atoms with van der Waals surface area (Å²) in [5, 5.41) is 5.89. The summed E-state index contributed by atoms with van der Waals surface area (Å²) in [5.74, 6) is -0.0111. The summed E-state index contributed by atoms with van der Waals surface area (Å²) in [5.41, 5.74) is 6.09. The van der Waals surface area contributed by atoms with Gasteiger partial charge in [0, 0.05) is 5.69 Å². The van der Waals surface area contributed by atoms with Crippen LogP contribution < -0.4 is 10.6 Å². The number of amides is 1. The summed E-state index contributed by atoms with van der Waals surface area (Å²) in [7, 11) is 1.78. The SMILES string of the molecule is CNC(C)C(=O)Nc1ccc2c(c1)Cc1ccccc1-2. The molecule has 3 nitrogen and oxygen atoms in total. The number of benzene rings is 2. The first-order valence-corrected chi connectivity index (χ1v) is 6.88. The number of nitrogens with one attached hydrogen (secondary N) is 2. The van der Waals surface area contributed by atoms with Crippen LogP contribution in [0.1, 0.15) is 18.1 Å². The van der Waals surface area contributed by atoms with Crippen LogP contribution >= 0.6 is 0 Å². The Hall–Kier alpha value is -2.13. The van der Waals surface area contributed by atoms with Crippen LogP contribution in [-0.4, -0.2) is 19.0 Å². The first-order chi connectivity index (χ1) is 9.69. The lowest BCUT2D eigenvalue weighted by Crippen LogP contribution is -2.35. The third-order valence-electron chi connectivity index (χ3n) is 3.89. The Morgan fingerprint density at radius 3 is 2.65 bits per heavy atom. The lowest BCUT2D eigenvalue weighted by Gasteiger charge is -2.12. The van der Waals surface area contributed by atoms with Crippen molar-refractivity contribution in [2.45, 2.75) is 19.4 Å². The zero-order valence-corrected chi connectivity index (χ0v) is 11.7. The smallest absolute Gasteiger partial charge is 0.241 e. The highest BCUT2D eigenvalue weighted by Gasteiger charge is 2.18. The maximum atomic E-state index is 11.9. The van der Waals surface area contributed by atoms with Crippen LogP contribution in [0.5, 0.6) is 0 Å². The van der Waals surface area contributed by atoms with E-state index in [1.165, 1.54) is 22.3 Å². The van der Waals surface area contributed by atoms with Crippen molar-refractivity contribution in [1.29, 1.82) is 0 Å². The molecule has 2 N–H and O–H groups in total. The van der Waals surface area contributed by atoms with Gasteiger partial charge in [0.05, 0.1) is 6.04 Å². The molecule has 3 rings (SSSR count). The van der Waals surface area contributed by atoms with Crippen molar-refractivity contribution in [3.63, 3.8) is 0 Å². The number of carbonyl (C=O) groups is 1. The van der Waals surface area contributed by atoms with E-state index in [2.05, 4.69) is 47.0 Å². The summed E-state index contributed by atoms with van der Waals surface area (Å²) in [6.07, 6.45) is 0.941. The van der Waals surface area contributed by atoms with Crippen LogP contribution in [0.2, 0.25) is 0 Å². The lowest BCUT2D eigenvalue weighted by atomic mass is 10.1. The van der Waals surface area contributed by atoms with E-state index < -0.39 is 0 Å². The van der Waals surface area contributed by atoms with Gasteiger partial charge in [-0.3, -0.25) is 4.79 Å². The second kappa shape index (κ2) is 5.10. The van der Waals surface area contributed by atoms with Crippen molar-refractivity contribution in [2.24, 2.45) is 0 Å². The van der Waals surface area contributed by atoms with E-state index in [0.717, 1.165) is 12.1 Å². The minimum Gasteiger partial charge on any atom is -0.325 e. The topological polar surface area (TPSA) is 41.1 Å². The summed E-state index contributed by atoms with van der Waals surface area (Å²) in [6, 6.07) is 14.4. The molecule has 0 aromatic heterocycles. The van der Waals surface area contributed by atoms with Crippen LogP contribution in [0.3, 0.4) is 0 Å². The number of likely N-dealkylation sites (N-methyl/N-ethyl adjacent to an activating group) is 1. The van der Waals surface area contributed by atoms with Crippen molar-refractivity contribution in [3.05, 3.63) is 53.6 Å². The molecule has 0 fully saturated rings. The van der Waals surface area contributed by atoms with E-state index in [1.807, 2.05) is 13.0 Å². The Labute approximate surface area is 119 Å². The van der Waals surface area contributed by atoms with Gasteiger partial charge in [0.25, 0.3) is 0 Å². The van der Waals surface area contributed by atoms with E-state index in [-0.39, 0.29) is 11.9 Å². The molecule has 0 saturated heterocycles. The van der Waals surface area contributed by atoms with E-state index in [1.54, 1.807) is 7.05 Å². The number of hydrogen-bond acceptors (Lipinski definition) is 2. The molecule has 0 radical (unpaired) electrons. The molecule has 0 aliphatic heterocycles. The van der Waals surface area contributed by atoms with Gasteiger partial charge in [-0.05, 0) is 54.8 Å². The molecule has 0 heterocycles. The molecule has 102 valence electrons. The summed E-state index contributed by atoms with van der Waals surface area (Å²) in [4.78, 5) is 11.9. The molecule has 0 saturated carbocycles. The maximum absolute atomic E-state index is 11.9. The number of rotatable bonds is 3. The van der Waals surface area contributed by atoms with Crippen LogP contribution in [0, 0.1) is 0 Å². The molecule has 1 aliphatic carbocycles. The van der Waals surface area contributed by atoms with Crippen molar-refractivity contribution in [1.82, 2.24) is 5.32 Å². The second-order valence-electron chi connectivity index (χ2n) is 5.21. The lowest BCUT2D eigenvalue weighted by molar-refractivity contribution is -0.117. The van der Waals surface area contributed by atoms with Gasteiger partial charge in [0.2, 0.25) is 5.91 Å². The van der Waals surface area contributed by atoms with Gasteiger partial charge in [-0.1, -0.05) is 30.3 Å². The van der Waals surface area contributed by atoms with Crippen molar-refractivity contribution < 1.29 is 4.79 Å². The molecular formula is C17H18N2O. The zero-order chi connectivity index (χ0) is 14.1. The molecule has 20 heavy (non-hydrogen) atoms. The van der Waals surface area contributed by atoms with Crippen LogP contribution in [0.4, 0.5) is 5.69 Å². The predicted octanol–water partition coefficient (Wildman–Crippen LogP) is 2.80. The van der Waals surface area contributed by atoms with Crippen molar-refractivity contribution in [2.75, 3.05) is 12.4 Å². The van der Waals surface area contributed by atoms with Crippen molar-refractivity contribution in [3.8, 4) is 11.1 Å². The van der Waals surface area contributed by atoms with Gasteiger partial charge in [0.15, 0.2) is 0 Å². The molecule has 1 aliphatic rings. The Morgan fingerprint density at radius 2 is 1.85 bits per heavy atom. The van der Waals surface area contributed by atoms with Gasteiger partial charge in [-0.15, -0.1) is 0 Å². The molecule has 0 bridgehead atoms. The number of carbonyl (C=O) groups excluding carboxylic acids is 1. The quantitative estimate of drug-likeness (QED) is 0.765. The van der Waals surface area contributed by atoms with Crippen LogP contribution in [0.15, 0.2) is 42.5 Å². The van der Waals surface area contributed by atoms with E-state index in [0.29, 0.717) is 0 Å². The zero-order valence-electron chi connectivity index (χ0n) is 11.7. The summed E-state index contributed by atoms with van der Waals surface area (Å²) in [6.45, 7) is 1.85. The van der Waals surface area contributed by atoms with E-state index in [9.17, 15) is 4.79 Å². The van der Waals surface area contributed by atoms with Crippen molar-refractivity contribution >= 4 is 11.6 Å². The average molecular weight is 266 g/mol. The highest BCUT2D eigenvalue weighted by Crippen LogP contribution is 2.37. The third-order valence-corrected chi connectivity index (χ3v) is 3.89. The maximum Gasteiger partial charge on any atom is 0.241 e. The fourth-order valence-corrected chi connectivity index (χ4v) is 2.60. The fraction of sp³-hybridized carbons (Fsp3) is 0.235.